The standard InChI is InChI=1S/C29H37FN6O3/c1-31(2)19-8-10-35(11-9-19)23-7-6-18(13-33(23)4)24-20(30)12-21-25-26-22(14-32(21)3)34(5)28(37)36(26)29(15-38-16-29)17-39-27(24)25/h6-7,12-13,19,23H,8-11,14-17H2,1-5H3. The van der Waals surface area contributed by atoms with Crippen molar-refractivity contribution in [3.63, 3.8) is 0 Å². The van der Waals surface area contributed by atoms with Crippen LogP contribution in [0.25, 0.3) is 16.8 Å². The van der Waals surface area contributed by atoms with Crippen LogP contribution in [-0.4, -0.2) is 97.1 Å². The minimum absolute atomic E-state index is 0.0794. The zero-order valence-corrected chi connectivity index (χ0v) is 23.4. The molecule has 1 atom stereocenters. The molecule has 39 heavy (non-hydrogen) atoms. The Labute approximate surface area is 228 Å². The number of aromatic nitrogens is 2. The number of hydrogen-bond donors (Lipinski definition) is 0. The van der Waals surface area contributed by atoms with Gasteiger partial charge in [-0.05, 0) is 39.1 Å². The number of likely N-dealkylation sites (N-methyl/N-ethyl adjacent to an activating group) is 1. The second-order valence-electron chi connectivity index (χ2n) is 12.0. The number of hydrogen-bond acceptors (Lipinski definition) is 7. The van der Waals surface area contributed by atoms with Crippen LogP contribution in [-0.2, 0) is 23.9 Å². The predicted octanol–water partition coefficient (Wildman–Crippen LogP) is 2.26. The zero-order valence-electron chi connectivity index (χ0n) is 23.4. The molecule has 6 heterocycles. The van der Waals surface area contributed by atoms with Gasteiger partial charge in [0, 0.05) is 52.0 Å². The zero-order chi connectivity index (χ0) is 27.2. The molecule has 0 bridgehead atoms. The number of piperidine rings is 1. The lowest BCUT2D eigenvalue weighted by Gasteiger charge is -2.42. The summed E-state index contributed by atoms with van der Waals surface area (Å²) in [5.74, 6) is 0.190. The average Bonchev–Trinajstić information content (AvgIpc) is 3.04. The van der Waals surface area contributed by atoms with Gasteiger partial charge in [-0.1, -0.05) is 6.08 Å². The summed E-state index contributed by atoms with van der Waals surface area (Å²) in [5.41, 5.74) is 3.84. The maximum absolute atomic E-state index is 16.1. The Morgan fingerprint density at radius 1 is 1.08 bits per heavy atom. The molecule has 0 N–H and O–H groups in total. The van der Waals surface area contributed by atoms with Crippen LogP contribution in [0.15, 0.2) is 29.2 Å². The maximum atomic E-state index is 16.1. The first-order valence-corrected chi connectivity index (χ1v) is 13.8. The third kappa shape index (κ3) is 3.50. The molecule has 7 rings (SSSR count). The number of likely N-dealkylation sites (tertiary alicyclic amines) is 1. The van der Waals surface area contributed by atoms with E-state index in [2.05, 4.69) is 41.9 Å². The van der Waals surface area contributed by atoms with Gasteiger partial charge >= 0.3 is 5.69 Å². The monoisotopic (exact) mass is 536 g/mol. The van der Waals surface area contributed by atoms with E-state index in [0.717, 1.165) is 54.1 Å². The number of fused-ring (bicyclic) bond motifs is 1. The highest BCUT2D eigenvalue weighted by Crippen LogP contribution is 2.52. The van der Waals surface area contributed by atoms with E-state index in [1.165, 1.54) is 0 Å². The number of allylic oxidation sites excluding steroid dienone is 2. The lowest BCUT2D eigenvalue weighted by atomic mass is 9.92. The van der Waals surface area contributed by atoms with Crippen LogP contribution in [0.1, 0.15) is 24.1 Å². The van der Waals surface area contributed by atoms with Crippen molar-refractivity contribution in [2.24, 2.45) is 7.05 Å². The van der Waals surface area contributed by atoms with Gasteiger partial charge < -0.3 is 24.2 Å². The Morgan fingerprint density at radius 2 is 1.82 bits per heavy atom. The van der Waals surface area contributed by atoms with E-state index in [9.17, 15) is 4.79 Å². The Hall–Kier alpha value is -3.08. The van der Waals surface area contributed by atoms with Crippen molar-refractivity contribution in [3.05, 3.63) is 52.0 Å². The quantitative estimate of drug-likeness (QED) is 0.597. The van der Waals surface area contributed by atoms with E-state index in [1.54, 1.807) is 10.6 Å². The number of ether oxygens (including phenoxy) is 2. The molecular weight excluding hydrogens is 499 g/mol. The van der Waals surface area contributed by atoms with Crippen molar-refractivity contribution in [3.8, 4) is 17.0 Å². The van der Waals surface area contributed by atoms with Crippen molar-refractivity contribution >= 4 is 11.3 Å². The van der Waals surface area contributed by atoms with Crippen LogP contribution in [0.3, 0.4) is 0 Å². The van der Waals surface area contributed by atoms with Crippen LogP contribution in [0.2, 0.25) is 0 Å². The Balaban J connectivity index is 1.31. The van der Waals surface area contributed by atoms with E-state index in [0.29, 0.717) is 37.1 Å². The molecule has 0 radical (unpaired) electrons. The summed E-state index contributed by atoms with van der Waals surface area (Å²) in [7, 11) is 10.1. The lowest BCUT2D eigenvalue weighted by molar-refractivity contribution is -0.119. The number of benzene rings is 1. The SMILES string of the molecule is CN1Cc2c3n(c(=O)n2C)C2(COC2)COc2c(C4=CN(C)C(N5CCC(N(C)C)CC5)C=C4)c(F)cc1c2-3. The molecular formula is C29H37FN6O3. The number of halogens is 1. The molecule has 10 heteroatoms. The number of rotatable bonds is 3. The summed E-state index contributed by atoms with van der Waals surface area (Å²) in [6.45, 7) is 3.63. The molecule has 2 aromatic rings. The summed E-state index contributed by atoms with van der Waals surface area (Å²) in [6.07, 6.45) is 8.65. The fraction of sp³-hybridized carbons (Fsp3) is 0.552. The smallest absolute Gasteiger partial charge is 0.329 e. The topological polar surface area (TPSA) is 58.4 Å². The summed E-state index contributed by atoms with van der Waals surface area (Å²) in [5, 5.41) is 0. The molecule has 0 amide bonds. The highest BCUT2D eigenvalue weighted by atomic mass is 19.1. The molecule has 208 valence electrons. The van der Waals surface area contributed by atoms with Gasteiger partial charge in [0.2, 0.25) is 0 Å². The number of nitrogens with zero attached hydrogens (tertiary/aromatic N) is 6. The van der Waals surface area contributed by atoms with E-state index < -0.39 is 5.54 Å². The van der Waals surface area contributed by atoms with Gasteiger partial charge in [-0.25, -0.2) is 9.18 Å². The molecule has 0 aliphatic carbocycles. The Morgan fingerprint density at radius 3 is 2.46 bits per heavy atom. The molecule has 1 aromatic carbocycles. The molecule has 5 aliphatic heterocycles. The van der Waals surface area contributed by atoms with Crippen LogP contribution in [0.5, 0.6) is 5.75 Å². The van der Waals surface area contributed by atoms with Crippen LogP contribution < -0.4 is 15.3 Å². The molecule has 0 saturated carbocycles. The molecule has 1 aromatic heterocycles. The average molecular weight is 537 g/mol. The fourth-order valence-electron chi connectivity index (χ4n) is 7.07. The Kier molecular flexibility index (Phi) is 5.57. The lowest BCUT2D eigenvalue weighted by Crippen LogP contribution is -2.58. The third-order valence-electron chi connectivity index (χ3n) is 9.43. The Bertz CT molecular complexity index is 1460. The summed E-state index contributed by atoms with van der Waals surface area (Å²) < 4.78 is 31.8. The second kappa shape index (κ2) is 8.71. The molecule has 1 unspecified atom stereocenters. The van der Waals surface area contributed by atoms with Crippen LogP contribution >= 0.6 is 0 Å². The first-order chi connectivity index (χ1) is 18.7. The summed E-state index contributed by atoms with van der Waals surface area (Å²) >= 11 is 0. The van der Waals surface area contributed by atoms with Gasteiger partial charge in [0.25, 0.3) is 0 Å². The summed E-state index contributed by atoms with van der Waals surface area (Å²) in [6, 6.07) is 2.22. The minimum atomic E-state index is -0.584. The first kappa shape index (κ1) is 24.9. The van der Waals surface area contributed by atoms with Gasteiger partial charge in [0.1, 0.15) is 29.9 Å². The van der Waals surface area contributed by atoms with E-state index >= 15 is 4.39 Å². The van der Waals surface area contributed by atoms with Crippen molar-refractivity contribution < 1.29 is 13.9 Å². The number of anilines is 1. The van der Waals surface area contributed by atoms with Gasteiger partial charge in [-0.15, -0.1) is 0 Å². The van der Waals surface area contributed by atoms with Crippen molar-refractivity contribution in [1.29, 1.82) is 0 Å². The summed E-state index contributed by atoms with van der Waals surface area (Å²) in [4.78, 5) is 22.5. The minimum Gasteiger partial charge on any atom is -0.489 e. The highest BCUT2D eigenvalue weighted by Gasteiger charge is 2.49. The number of imidazole rings is 1. The molecule has 2 saturated heterocycles. The van der Waals surface area contributed by atoms with Gasteiger partial charge in [0.05, 0.1) is 48.0 Å². The normalized spacial score (nSPS) is 24.0. The van der Waals surface area contributed by atoms with E-state index in [1.807, 2.05) is 35.8 Å². The third-order valence-corrected chi connectivity index (χ3v) is 9.43. The largest absolute Gasteiger partial charge is 0.489 e. The van der Waals surface area contributed by atoms with Gasteiger partial charge in [-0.2, -0.15) is 0 Å². The van der Waals surface area contributed by atoms with E-state index in [4.69, 9.17) is 9.47 Å². The molecule has 5 aliphatic rings. The molecule has 1 spiro atoms. The van der Waals surface area contributed by atoms with Crippen LogP contribution in [0, 0.1) is 5.82 Å². The predicted molar refractivity (Wildman–Crippen MR) is 148 cm³/mol. The molecule has 9 nitrogen and oxygen atoms in total. The van der Waals surface area contributed by atoms with E-state index in [-0.39, 0.29) is 24.3 Å². The van der Waals surface area contributed by atoms with Crippen molar-refractivity contribution in [1.82, 2.24) is 23.8 Å². The maximum Gasteiger partial charge on any atom is 0.329 e. The van der Waals surface area contributed by atoms with Crippen molar-refractivity contribution in [2.45, 2.75) is 37.1 Å². The first-order valence-electron chi connectivity index (χ1n) is 13.8. The fourth-order valence-corrected chi connectivity index (χ4v) is 7.07. The molecule has 2 fully saturated rings. The van der Waals surface area contributed by atoms with Gasteiger partial charge in [-0.3, -0.25) is 14.0 Å². The highest BCUT2D eigenvalue weighted by molar-refractivity contribution is 5.93. The second-order valence-corrected chi connectivity index (χ2v) is 12.0. The van der Waals surface area contributed by atoms with Crippen molar-refractivity contribution in [2.75, 3.05) is 66.0 Å². The van der Waals surface area contributed by atoms with Gasteiger partial charge in [0.15, 0.2) is 0 Å². The van der Waals surface area contributed by atoms with Crippen LogP contribution in [0.4, 0.5) is 10.1 Å².